The number of nitriles is 1. The van der Waals surface area contributed by atoms with Gasteiger partial charge in [0, 0.05) is 6.54 Å². The molecule has 0 aliphatic carbocycles. The highest BCUT2D eigenvalue weighted by Gasteiger charge is 2.31. The van der Waals surface area contributed by atoms with E-state index in [4.69, 9.17) is 14.7 Å². The normalized spacial score (nSPS) is 11.5. The van der Waals surface area contributed by atoms with Gasteiger partial charge in [-0.25, -0.2) is 4.79 Å². The zero-order valence-corrected chi connectivity index (χ0v) is 14.6. The van der Waals surface area contributed by atoms with Gasteiger partial charge in [0.2, 0.25) is 5.91 Å². The Morgan fingerprint density at radius 3 is 2.54 bits per heavy atom. The number of esters is 1. The van der Waals surface area contributed by atoms with E-state index in [1.54, 1.807) is 19.2 Å². The van der Waals surface area contributed by atoms with E-state index in [9.17, 15) is 9.59 Å². The molecule has 0 heterocycles. The zero-order chi connectivity index (χ0) is 18.1. The largest absolute Gasteiger partial charge is 0.497 e. The number of benzene rings is 1. The molecule has 0 bridgehead atoms. The van der Waals surface area contributed by atoms with Gasteiger partial charge in [0.1, 0.15) is 18.2 Å². The van der Waals surface area contributed by atoms with Crippen LogP contribution in [0, 0.1) is 17.2 Å². The van der Waals surface area contributed by atoms with Gasteiger partial charge in [0.25, 0.3) is 0 Å². The minimum Gasteiger partial charge on any atom is -0.497 e. The molecule has 1 amide bonds. The first-order valence-corrected chi connectivity index (χ1v) is 7.80. The van der Waals surface area contributed by atoms with Gasteiger partial charge >= 0.3 is 5.97 Å². The molecule has 24 heavy (non-hydrogen) atoms. The minimum absolute atomic E-state index is 0.191. The fourth-order valence-electron chi connectivity index (χ4n) is 2.44. The number of hydrogen-bond acceptors (Lipinski definition) is 5. The molecule has 0 spiro atoms. The van der Waals surface area contributed by atoms with E-state index >= 15 is 0 Å². The van der Waals surface area contributed by atoms with Gasteiger partial charge in [-0.1, -0.05) is 26.0 Å². The third kappa shape index (κ3) is 5.58. The van der Waals surface area contributed by atoms with Crippen LogP contribution in [0.5, 0.6) is 5.75 Å². The number of nitrogens with zero attached hydrogens (tertiary/aromatic N) is 2. The molecular weight excluding hydrogens is 308 g/mol. The fourth-order valence-corrected chi connectivity index (χ4v) is 2.44. The van der Waals surface area contributed by atoms with Crippen LogP contribution in [-0.4, -0.2) is 37.0 Å². The number of carbonyl (C=O) groups excluding carboxylic acids is 2. The van der Waals surface area contributed by atoms with Gasteiger partial charge in [-0.3, -0.25) is 4.79 Å². The Bertz CT molecular complexity index is 607. The van der Waals surface area contributed by atoms with Crippen LogP contribution >= 0.6 is 0 Å². The summed E-state index contributed by atoms with van der Waals surface area (Å²) in [5.74, 6) is -0.00953. The molecule has 130 valence electrons. The summed E-state index contributed by atoms with van der Waals surface area (Å²) in [6.45, 7) is 4.15. The predicted octanol–water partition coefficient (Wildman–Crippen LogP) is 2.53. The molecule has 1 atom stereocenters. The monoisotopic (exact) mass is 332 g/mol. The molecule has 6 heteroatoms. The van der Waals surface area contributed by atoms with Gasteiger partial charge in [0.15, 0.2) is 0 Å². The van der Waals surface area contributed by atoms with Crippen LogP contribution in [0.15, 0.2) is 24.3 Å². The Balaban J connectivity index is 3.14. The maximum absolute atomic E-state index is 12.4. The topological polar surface area (TPSA) is 79.6 Å². The second-order valence-electron chi connectivity index (χ2n) is 5.88. The molecule has 0 saturated heterocycles. The van der Waals surface area contributed by atoms with Crippen molar-refractivity contribution >= 4 is 11.9 Å². The highest BCUT2D eigenvalue weighted by Crippen LogP contribution is 2.20. The van der Waals surface area contributed by atoms with Crippen LogP contribution in [0.2, 0.25) is 0 Å². The number of rotatable bonds is 8. The molecule has 0 aliphatic heterocycles. The number of carbonyl (C=O) groups is 2. The van der Waals surface area contributed by atoms with Crippen LogP contribution in [-0.2, 0) is 20.9 Å². The summed E-state index contributed by atoms with van der Waals surface area (Å²) >= 11 is 0. The van der Waals surface area contributed by atoms with Crippen LogP contribution in [0.4, 0.5) is 0 Å². The van der Waals surface area contributed by atoms with Crippen molar-refractivity contribution < 1.29 is 19.1 Å². The molecule has 1 aromatic rings. The van der Waals surface area contributed by atoms with E-state index < -0.39 is 17.9 Å². The van der Waals surface area contributed by atoms with Crippen molar-refractivity contribution in [1.29, 1.82) is 5.26 Å². The standard InChI is InChI=1S/C18H24N2O4/c1-13(2)10-16(18(22)24-4)20(17(21)8-9-19)12-14-6-5-7-15(11-14)23-3/h5-7,11,13,16H,8,10,12H2,1-4H3/t16-/m0/s1. The molecule has 0 fully saturated rings. The zero-order valence-electron chi connectivity index (χ0n) is 14.6. The SMILES string of the molecule is COC(=O)[C@H](CC(C)C)N(Cc1cccc(OC)c1)C(=O)CC#N. The summed E-state index contributed by atoms with van der Waals surface area (Å²) in [5.41, 5.74) is 0.818. The molecular formula is C18H24N2O4. The lowest BCUT2D eigenvalue weighted by atomic mass is 10.0. The summed E-state index contributed by atoms with van der Waals surface area (Å²) in [5, 5.41) is 8.86. The molecule has 0 radical (unpaired) electrons. The number of amides is 1. The Kier molecular flexibility index (Phi) is 7.76. The predicted molar refractivity (Wildman–Crippen MR) is 89.0 cm³/mol. The lowest BCUT2D eigenvalue weighted by molar-refractivity contribution is -0.153. The van der Waals surface area contributed by atoms with E-state index in [0.717, 1.165) is 5.56 Å². The van der Waals surface area contributed by atoms with Gasteiger partial charge in [0.05, 0.1) is 20.3 Å². The van der Waals surface area contributed by atoms with Crippen molar-refractivity contribution in [3.8, 4) is 11.8 Å². The van der Waals surface area contributed by atoms with Crippen molar-refractivity contribution in [3.63, 3.8) is 0 Å². The third-order valence-corrected chi connectivity index (χ3v) is 3.58. The van der Waals surface area contributed by atoms with Gasteiger partial charge in [-0.15, -0.1) is 0 Å². The quantitative estimate of drug-likeness (QED) is 0.683. The van der Waals surface area contributed by atoms with E-state index in [2.05, 4.69) is 0 Å². The lowest BCUT2D eigenvalue weighted by Crippen LogP contribution is -2.45. The first-order valence-electron chi connectivity index (χ1n) is 7.80. The molecule has 0 saturated carbocycles. The number of ether oxygens (including phenoxy) is 2. The summed E-state index contributed by atoms with van der Waals surface area (Å²) in [7, 11) is 2.86. The van der Waals surface area contributed by atoms with E-state index in [-0.39, 0.29) is 18.9 Å². The molecule has 6 nitrogen and oxygen atoms in total. The van der Waals surface area contributed by atoms with Gasteiger partial charge < -0.3 is 14.4 Å². The molecule has 0 aliphatic rings. The average molecular weight is 332 g/mol. The minimum atomic E-state index is -0.720. The van der Waals surface area contributed by atoms with Gasteiger partial charge in [-0.2, -0.15) is 5.26 Å². The Labute approximate surface area is 143 Å². The molecule has 1 aromatic carbocycles. The second-order valence-corrected chi connectivity index (χ2v) is 5.88. The summed E-state index contributed by atoms with van der Waals surface area (Å²) in [6, 6.07) is 8.40. The van der Waals surface area contributed by atoms with Crippen molar-refractivity contribution in [3.05, 3.63) is 29.8 Å². The molecule has 0 N–H and O–H groups in total. The fraction of sp³-hybridized carbons (Fsp3) is 0.500. The second kappa shape index (κ2) is 9.56. The van der Waals surface area contributed by atoms with Gasteiger partial charge in [-0.05, 0) is 30.0 Å². The number of methoxy groups -OCH3 is 2. The van der Waals surface area contributed by atoms with E-state index in [0.29, 0.717) is 12.2 Å². The van der Waals surface area contributed by atoms with Crippen LogP contribution in [0.3, 0.4) is 0 Å². The van der Waals surface area contributed by atoms with E-state index in [1.807, 2.05) is 32.0 Å². The Morgan fingerprint density at radius 2 is 2.00 bits per heavy atom. The highest BCUT2D eigenvalue weighted by molar-refractivity contribution is 5.85. The first kappa shape index (κ1) is 19.5. The average Bonchev–Trinajstić information content (AvgIpc) is 2.57. The summed E-state index contributed by atoms with van der Waals surface area (Å²) < 4.78 is 10.1. The van der Waals surface area contributed by atoms with Crippen LogP contribution in [0.25, 0.3) is 0 Å². The Hall–Kier alpha value is -2.55. The first-order chi connectivity index (χ1) is 11.4. The van der Waals surface area contributed by atoms with Crippen molar-refractivity contribution in [1.82, 2.24) is 4.90 Å². The lowest BCUT2D eigenvalue weighted by Gasteiger charge is -2.30. The van der Waals surface area contributed by atoms with Crippen molar-refractivity contribution in [2.75, 3.05) is 14.2 Å². The van der Waals surface area contributed by atoms with E-state index in [1.165, 1.54) is 12.0 Å². The van der Waals surface area contributed by atoms with Crippen LogP contribution in [0.1, 0.15) is 32.3 Å². The molecule has 1 rings (SSSR count). The summed E-state index contributed by atoms with van der Waals surface area (Å²) in [6.07, 6.45) is 0.184. The Morgan fingerprint density at radius 1 is 1.29 bits per heavy atom. The molecule has 0 unspecified atom stereocenters. The number of hydrogen-bond donors (Lipinski definition) is 0. The molecule has 0 aromatic heterocycles. The van der Waals surface area contributed by atoms with Crippen molar-refractivity contribution in [2.24, 2.45) is 5.92 Å². The third-order valence-electron chi connectivity index (χ3n) is 3.58. The van der Waals surface area contributed by atoms with Crippen molar-refractivity contribution in [2.45, 2.75) is 39.3 Å². The maximum Gasteiger partial charge on any atom is 0.328 e. The summed E-state index contributed by atoms with van der Waals surface area (Å²) in [4.78, 5) is 26.0. The highest BCUT2D eigenvalue weighted by atomic mass is 16.5. The smallest absolute Gasteiger partial charge is 0.328 e. The maximum atomic E-state index is 12.4. The van der Waals surface area contributed by atoms with Crippen LogP contribution < -0.4 is 4.74 Å².